The molecule has 3 nitrogen and oxygen atoms in total. The molecular weight excluding hydrogens is 226 g/mol. The first-order valence-corrected chi connectivity index (χ1v) is 5.13. The molecule has 5 heteroatoms. The summed E-state index contributed by atoms with van der Waals surface area (Å²) >= 11 is 0. The fourth-order valence-corrected chi connectivity index (χ4v) is 1.54. The molecule has 0 amide bonds. The van der Waals surface area contributed by atoms with E-state index >= 15 is 0 Å². The van der Waals surface area contributed by atoms with Crippen molar-refractivity contribution in [1.29, 1.82) is 0 Å². The van der Waals surface area contributed by atoms with Crippen LogP contribution in [0.4, 0.5) is 8.78 Å². The van der Waals surface area contributed by atoms with Crippen molar-refractivity contribution >= 4 is 0 Å². The number of nitrogens with one attached hydrogen (secondary N) is 1. The molecule has 0 bridgehead atoms. The second-order valence-electron chi connectivity index (χ2n) is 3.60. The molecule has 0 spiro atoms. The fourth-order valence-electron chi connectivity index (χ4n) is 1.54. The number of rotatable bonds is 3. The van der Waals surface area contributed by atoms with Crippen molar-refractivity contribution in [2.75, 3.05) is 0 Å². The maximum atomic E-state index is 13.3. The summed E-state index contributed by atoms with van der Waals surface area (Å²) in [6.45, 7) is 0. The molecule has 0 unspecified atom stereocenters. The first kappa shape index (κ1) is 11.4. The van der Waals surface area contributed by atoms with E-state index in [4.69, 9.17) is 0 Å². The molecule has 1 heterocycles. The SMILES string of the molecule is O=c1[nH]ccnc1CCc1ccc(F)cc1F. The highest BCUT2D eigenvalue weighted by molar-refractivity contribution is 5.19. The topological polar surface area (TPSA) is 45.8 Å². The zero-order valence-electron chi connectivity index (χ0n) is 8.91. The number of aromatic amines is 1. The molecule has 2 rings (SSSR count). The average molecular weight is 236 g/mol. The number of hydrogen-bond acceptors (Lipinski definition) is 2. The maximum absolute atomic E-state index is 13.3. The second kappa shape index (κ2) is 4.86. The number of hydrogen-bond donors (Lipinski definition) is 1. The van der Waals surface area contributed by atoms with Gasteiger partial charge in [-0.25, -0.2) is 8.78 Å². The van der Waals surface area contributed by atoms with Gasteiger partial charge in [-0.3, -0.25) is 9.78 Å². The van der Waals surface area contributed by atoms with Gasteiger partial charge in [-0.1, -0.05) is 6.07 Å². The fraction of sp³-hybridized carbons (Fsp3) is 0.167. The molecule has 0 atom stereocenters. The molecule has 1 aromatic carbocycles. The highest BCUT2D eigenvalue weighted by atomic mass is 19.1. The zero-order chi connectivity index (χ0) is 12.3. The van der Waals surface area contributed by atoms with Crippen LogP contribution in [0.5, 0.6) is 0 Å². The zero-order valence-corrected chi connectivity index (χ0v) is 8.91. The lowest BCUT2D eigenvalue weighted by molar-refractivity contribution is 0.571. The van der Waals surface area contributed by atoms with E-state index in [0.29, 0.717) is 24.1 Å². The Morgan fingerprint density at radius 2 is 2.06 bits per heavy atom. The van der Waals surface area contributed by atoms with E-state index in [0.717, 1.165) is 6.07 Å². The van der Waals surface area contributed by atoms with Crippen LogP contribution in [0.25, 0.3) is 0 Å². The van der Waals surface area contributed by atoms with Crippen molar-refractivity contribution in [2.45, 2.75) is 12.8 Å². The Kier molecular flexibility index (Phi) is 3.27. The van der Waals surface area contributed by atoms with Crippen LogP contribution >= 0.6 is 0 Å². The number of benzene rings is 1. The van der Waals surface area contributed by atoms with Gasteiger partial charge in [0.05, 0.1) is 0 Å². The third-order valence-electron chi connectivity index (χ3n) is 2.43. The summed E-state index contributed by atoms with van der Waals surface area (Å²) in [7, 11) is 0. The van der Waals surface area contributed by atoms with Crippen molar-refractivity contribution in [1.82, 2.24) is 9.97 Å². The van der Waals surface area contributed by atoms with E-state index in [9.17, 15) is 13.6 Å². The Bertz CT molecular complexity index is 581. The molecule has 1 N–H and O–H groups in total. The molecule has 0 saturated heterocycles. The molecule has 0 aliphatic carbocycles. The Labute approximate surface area is 96.2 Å². The van der Waals surface area contributed by atoms with Crippen LogP contribution in [0.15, 0.2) is 35.4 Å². The smallest absolute Gasteiger partial charge is 0.269 e. The molecule has 0 fully saturated rings. The minimum absolute atomic E-state index is 0.282. The predicted molar refractivity (Wildman–Crippen MR) is 58.6 cm³/mol. The van der Waals surface area contributed by atoms with Crippen LogP contribution in [0.1, 0.15) is 11.3 Å². The van der Waals surface area contributed by atoms with E-state index < -0.39 is 11.6 Å². The quantitative estimate of drug-likeness (QED) is 0.883. The molecule has 0 aliphatic rings. The standard InChI is InChI=1S/C12H10F2N2O/c13-9-3-1-8(10(14)7-9)2-4-11-12(17)16-6-5-15-11/h1,3,5-7H,2,4H2,(H,16,17). The van der Waals surface area contributed by atoms with Crippen LogP contribution in [0.2, 0.25) is 0 Å². The summed E-state index contributed by atoms with van der Waals surface area (Å²) in [5, 5.41) is 0. The normalized spacial score (nSPS) is 10.5. The molecule has 0 saturated carbocycles. The van der Waals surface area contributed by atoms with Crippen molar-refractivity contribution in [3.8, 4) is 0 Å². The van der Waals surface area contributed by atoms with E-state index in [-0.39, 0.29) is 5.56 Å². The van der Waals surface area contributed by atoms with Gasteiger partial charge in [-0.15, -0.1) is 0 Å². The van der Waals surface area contributed by atoms with Crippen LogP contribution in [-0.4, -0.2) is 9.97 Å². The highest BCUT2D eigenvalue weighted by Gasteiger charge is 2.06. The van der Waals surface area contributed by atoms with Crippen molar-refractivity contribution in [2.24, 2.45) is 0 Å². The van der Waals surface area contributed by atoms with Gasteiger partial charge in [0.15, 0.2) is 0 Å². The van der Waals surface area contributed by atoms with Gasteiger partial charge in [-0.2, -0.15) is 0 Å². The second-order valence-corrected chi connectivity index (χ2v) is 3.60. The molecule has 88 valence electrons. The number of aryl methyl sites for hydroxylation is 2. The van der Waals surface area contributed by atoms with Gasteiger partial charge in [0.25, 0.3) is 5.56 Å². The summed E-state index contributed by atoms with van der Waals surface area (Å²) in [6.07, 6.45) is 3.53. The summed E-state index contributed by atoms with van der Waals surface area (Å²) in [6, 6.07) is 3.40. The van der Waals surface area contributed by atoms with Gasteiger partial charge in [0, 0.05) is 18.5 Å². The lowest BCUT2D eigenvalue weighted by Crippen LogP contribution is -2.14. The third kappa shape index (κ3) is 2.75. The van der Waals surface area contributed by atoms with Crippen LogP contribution in [-0.2, 0) is 12.8 Å². The van der Waals surface area contributed by atoms with E-state index in [1.807, 2.05) is 0 Å². The lowest BCUT2D eigenvalue weighted by Gasteiger charge is -2.02. The first-order chi connectivity index (χ1) is 8.16. The summed E-state index contributed by atoms with van der Waals surface area (Å²) in [4.78, 5) is 17.7. The maximum Gasteiger partial charge on any atom is 0.269 e. The van der Waals surface area contributed by atoms with Gasteiger partial charge in [0.1, 0.15) is 17.3 Å². The van der Waals surface area contributed by atoms with Gasteiger partial charge in [0.2, 0.25) is 0 Å². The first-order valence-electron chi connectivity index (χ1n) is 5.13. The van der Waals surface area contributed by atoms with Crippen molar-refractivity contribution in [3.05, 3.63) is 63.8 Å². The van der Waals surface area contributed by atoms with Crippen LogP contribution in [0.3, 0.4) is 0 Å². The van der Waals surface area contributed by atoms with Gasteiger partial charge >= 0.3 is 0 Å². The van der Waals surface area contributed by atoms with Crippen molar-refractivity contribution in [3.63, 3.8) is 0 Å². The Morgan fingerprint density at radius 3 is 2.76 bits per heavy atom. The number of aromatic nitrogens is 2. The van der Waals surface area contributed by atoms with Crippen LogP contribution in [0, 0.1) is 11.6 Å². The van der Waals surface area contributed by atoms with Crippen LogP contribution < -0.4 is 5.56 Å². The Balaban J connectivity index is 2.13. The minimum Gasteiger partial charge on any atom is -0.326 e. The summed E-state index contributed by atoms with van der Waals surface area (Å²) in [5.74, 6) is -1.21. The Morgan fingerprint density at radius 1 is 1.24 bits per heavy atom. The minimum atomic E-state index is -0.609. The number of H-pyrrole nitrogens is 1. The Hall–Kier alpha value is -2.04. The molecule has 17 heavy (non-hydrogen) atoms. The predicted octanol–water partition coefficient (Wildman–Crippen LogP) is 1.83. The van der Waals surface area contributed by atoms with Crippen molar-refractivity contribution < 1.29 is 8.78 Å². The molecule has 2 aromatic rings. The van der Waals surface area contributed by atoms with E-state index in [2.05, 4.69) is 9.97 Å². The summed E-state index contributed by atoms with van der Waals surface area (Å²) in [5.41, 5.74) is 0.433. The van der Waals surface area contributed by atoms with E-state index in [1.165, 1.54) is 24.5 Å². The number of halogens is 2. The highest BCUT2D eigenvalue weighted by Crippen LogP contribution is 2.11. The molecule has 0 radical (unpaired) electrons. The van der Waals surface area contributed by atoms with Gasteiger partial charge in [-0.05, 0) is 24.5 Å². The molecular formula is C12H10F2N2O. The van der Waals surface area contributed by atoms with Gasteiger partial charge < -0.3 is 4.98 Å². The summed E-state index contributed by atoms with van der Waals surface area (Å²) < 4.78 is 26.0. The number of nitrogens with zero attached hydrogens (tertiary/aromatic N) is 1. The molecule has 1 aromatic heterocycles. The lowest BCUT2D eigenvalue weighted by atomic mass is 10.1. The monoisotopic (exact) mass is 236 g/mol. The molecule has 0 aliphatic heterocycles. The third-order valence-corrected chi connectivity index (χ3v) is 2.43. The average Bonchev–Trinajstić information content (AvgIpc) is 2.30. The largest absolute Gasteiger partial charge is 0.326 e. The van der Waals surface area contributed by atoms with E-state index in [1.54, 1.807) is 0 Å².